The summed E-state index contributed by atoms with van der Waals surface area (Å²) in [5, 5.41) is 3.32. The van der Waals surface area contributed by atoms with E-state index in [1.54, 1.807) is 41.1 Å². The van der Waals surface area contributed by atoms with Gasteiger partial charge >= 0.3 is 0 Å². The Morgan fingerprint density at radius 3 is 2.28 bits per heavy atom. The molecule has 0 saturated carbocycles. The van der Waals surface area contributed by atoms with E-state index >= 15 is 0 Å². The highest BCUT2D eigenvalue weighted by Crippen LogP contribution is 2.20. The molecule has 0 fully saturated rings. The first kappa shape index (κ1) is 20.5. The summed E-state index contributed by atoms with van der Waals surface area (Å²) in [7, 11) is 0. The summed E-state index contributed by atoms with van der Waals surface area (Å²) in [4.78, 5) is 24.5. The number of nitrogens with one attached hydrogen (secondary N) is 2. The van der Waals surface area contributed by atoms with Gasteiger partial charge < -0.3 is 10.1 Å². The second kappa shape index (κ2) is 8.84. The van der Waals surface area contributed by atoms with E-state index in [4.69, 9.17) is 16.3 Å². The van der Waals surface area contributed by atoms with Crippen LogP contribution in [0, 0.1) is 20.8 Å². The van der Waals surface area contributed by atoms with Crippen molar-refractivity contribution < 1.29 is 14.3 Å². The fourth-order valence-electron chi connectivity index (χ4n) is 2.78. The lowest BCUT2D eigenvalue weighted by Crippen LogP contribution is -2.24. The average Bonchev–Trinajstić information content (AvgIpc) is 3.01. The molecule has 0 aliphatic heterocycles. The van der Waals surface area contributed by atoms with Gasteiger partial charge in [-0.05, 0) is 74.9 Å². The Bertz CT molecular complexity index is 1020. The molecule has 0 bridgehead atoms. The Labute approximate surface area is 174 Å². The van der Waals surface area contributed by atoms with Gasteiger partial charge in [-0.3, -0.25) is 19.7 Å². The molecular weight excluding hydrogens is 390 g/mol. The highest BCUT2D eigenvalue weighted by molar-refractivity contribution is 6.31. The molecule has 1 aromatic heterocycles. The van der Waals surface area contributed by atoms with Crippen LogP contribution >= 0.6 is 11.6 Å². The van der Waals surface area contributed by atoms with Crippen molar-refractivity contribution >= 4 is 29.1 Å². The van der Waals surface area contributed by atoms with Gasteiger partial charge in [-0.25, -0.2) is 0 Å². The highest BCUT2D eigenvalue weighted by atomic mass is 35.5. The minimum absolute atomic E-state index is 0.154. The van der Waals surface area contributed by atoms with Crippen molar-refractivity contribution in [2.45, 2.75) is 20.8 Å². The number of halogens is 1. The summed E-state index contributed by atoms with van der Waals surface area (Å²) in [5.74, 6) is -0.0308. The molecule has 0 aliphatic rings. The summed E-state index contributed by atoms with van der Waals surface area (Å²) < 4.78 is 7.24. The van der Waals surface area contributed by atoms with Gasteiger partial charge in [0.15, 0.2) is 6.61 Å². The number of hydrogen-bond acceptors (Lipinski definition) is 3. The third-order valence-corrected chi connectivity index (χ3v) is 4.68. The smallest absolute Gasteiger partial charge is 0.270 e. The van der Waals surface area contributed by atoms with Gasteiger partial charge in [0.25, 0.3) is 11.8 Å². The predicted molar refractivity (Wildman–Crippen MR) is 114 cm³/mol. The molecule has 0 atom stereocenters. The normalized spacial score (nSPS) is 10.5. The first-order valence-electron chi connectivity index (χ1n) is 9.08. The number of nitrogens with zero attached hydrogens (tertiary/aromatic N) is 1. The van der Waals surface area contributed by atoms with Crippen molar-refractivity contribution in [2.24, 2.45) is 0 Å². The second-order valence-electron chi connectivity index (χ2n) is 6.71. The molecule has 0 radical (unpaired) electrons. The highest BCUT2D eigenvalue weighted by Gasteiger charge is 2.10. The number of amides is 2. The van der Waals surface area contributed by atoms with Crippen LogP contribution in [0.1, 0.15) is 27.3 Å². The quantitative estimate of drug-likeness (QED) is 0.628. The number of rotatable bonds is 6. The lowest BCUT2D eigenvalue weighted by Gasteiger charge is -2.12. The fraction of sp³-hybridized carbons (Fsp3) is 0.182. The van der Waals surface area contributed by atoms with Crippen LogP contribution in [0.4, 0.5) is 5.69 Å². The Morgan fingerprint density at radius 2 is 1.62 bits per heavy atom. The Balaban J connectivity index is 1.55. The van der Waals surface area contributed by atoms with Crippen molar-refractivity contribution in [3.8, 4) is 5.75 Å². The van der Waals surface area contributed by atoms with Gasteiger partial charge in [-0.1, -0.05) is 17.7 Å². The van der Waals surface area contributed by atoms with Gasteiger partial charge in [-0.2, -0.15) is 0 Å². The third-order valence-electron chi connectivity index (χ3n) is 4.44. The van der Waals surface area contributed by atoms with Crippen LogP contribution in [0.3, 0.4) is 0 Å². The Morgan fingerprint density at radius 1 is 0.966 bits per heavy atom. The average molecular weight is 412 g/mol. The third kappa shape index (κ3) is 5.18. The maximum atomic E-state index is 12.4. The number of carbonyl (C=O) groups is 2. The van der Waals surface area contributed by atoms with Crippen molar-refractivity contribution in [1.82, 2.24) is 4.68 Å². The molecule has 29 heavy (non-hydrogen) atoms. The monoisotopic (exact) mass is 411 g/mol. The number of anilines is 1. The number of carbonyl (C=O) groups excluding carboxylic acids is 2. The van der Waals surface area contributed by atoms with Crippen molar-refractivity contribution in [2.75, 3.05) is 17.3 Å². The summed E-state index contributed by atoms with van der Waals surface area (Å²) in [6.07, 6.45) is 0. The van der Waals surface area contributed by atoms with Gasteiger partial charge in [0.2, 0.25) is 0 Å². The molecule has 2 amide bonds. The molecule has 3 rings (SSSR count). The van der Waals surface area contributed by atoms with E-state index in [0.717, 1.165) is 17.0 Å². The Kier molecular flexibility index (Phi) is 6.24. The zero-order valence-corrected chi connectivity index (χ0v) is 17.2. The largest absolute Gasteiger partial charge is 0.484 e. The maximum absolute atomic E-state index is 12.4. The van der Waals surface area contributed by atoms with Crippen LogP contribution < -0.4 is 15.5 Å². The summed E-state index contributed by atoms with van der Waals surface area (Å²) in [5.41, 5.74) is 6.77. The SMILES string of the molecule is Cc1ccc(Cl)cc1NC(=O)COc1ccc(C(=O)Nn2c(C)ccc2C)cc1. The summed E-state index contributed by atoms with van der Waals surface area (Å²) in [6.45, 7) is 5.56. The predicted octanol–water partition coefficient (Wildman–Crippen LogP) is 4.47. The van der Waals surface area contributed by atoms with Gasteiger partial charge in [0.05, 0.1) is 0 Å². The number of aromatic nitrogens is 1. The van der Waals surface area contributed by atoms with Crippen molar-refractivity contribution in [3.63, 3.8) is 0 Å². The molecule has 1 heterocycles. The lowest BCUT2D eigenvalue weighted by molar-refractivity contribution is -0.118. The molecule has 7 heteroatoms. The molecule has 0 spiro atoms. The van der Waals surface area contributed by atoms with Crippen LogP contribution in [-0.2, 0) is 4.79 Å². The Hall–Kier alpha value is -3.25. The van der Waals surface area contributed by atoms with Crippen LogP contribution in [0.5, 0.6) is 5.75 Å². The number of aryl methyl sites for hydroxylation is 3. The summed E-state index contributed by atoms with van der Waals surface area (Å²) in [6, 6.07) is 15.8. The number of hydrogen-bond donors (Lipinski definition) is 2. The van der Waals surface area contributed by atoms with Crippen LogP contribution in [-0.4, -0.2) is 23.1 Å². The first-order chi connectivity index (χ1) is 13.8. The van der Waals surface area contributed by atoms with E-state index in [1.807, 2.05) is 39.0 Å². The molecule has 0 saturated heterocycles. The van der Waals surface area contributed by atoms with E-state index < -0.39 is 0 Å². The molecule has 2 aromatic carbocycles. The van der Waals surface area contributed by atoms with Gasteiger partial charge in [0.1, 0.15) is 5.75 Å². The standard InChI is InChI=1S/C22H22ClN3O3/c1-14-4-9-18(23)12-20(14)24-21(27)13-29-19-10-7-17(8-11-19)22(28)25-26-15(2)5-6-16(26)3/h4-12H,13H2,1-3H3,(H,24,27)(H,25,28). The first-order valence-corrected chi connectivity index (χ1v) is 9.46. The number of benzene rings is 2. The molecular formula is C22H22ClN3O3. The maximum Gasteiger partial charge on any atom is 0.270 e. The number of ether oxygens (including phenoxy) is 1. The molecule has 0 aliphatic carbocycles. The van der Waals surface area contributed by atoms with E-state index in [0.29, 0.717) is 22.0 Å². The van der Waals surface area contributed by atoms with Crippen LogP contribution in [0.25, 0.3) is 0 Å². The topological polar surface area (TPSA) is 72.4 Å². The fourth-order valence-corrected chi connectivity index (χ4v) is 2.95. The van der Waals surface area contributed by atoms with E-state index in [-0.39, 0.29) is 18.4 Å². The van der Waals surface area contributed by atoms with Gasteiger partial charge in [0, 0.05) is 27.7 Å². The minimum Gasteiger partial charge on any atom is -0.484 e. The lowest BCUT2D eigenvalue weighted by atomic mass is 10.2. The molecule has 6 nitrogen and oxygen atoms in total. The van der Waals surface area contributed by atoms with E-state index in [9.17, 15) is 9.59 Å². The zero-order valence-electron chi connectivity index (χ0n) is 16.5. The van der Waals surface area contributed by atoms with E-state index in [2.05, 4.69) is 10.7 Å². The molecule has 2 N–H and O–H groups in total. The van der Waals surface area contributed by atoms with E-state index in [1.165, 1.54) is 0 Å². The van der Waals surface area contributed by atoms with Crippen LogP contribution in [0.15, 0.2) is 54.6 Å². The van der Waals surface area contributed by atoms with Crippen molar-refractivity contribution in [1.29, 1.82) is 0 Å². The molecule has 0 unspecified atom stereocenters. The zero-order chi connectivity index (χ0) is 21.0. The summed E-state index contributed by atoms with van der Waals surface area (Å²) >= 11 is 5.96. The van der Waals surface area contributed by atoms with Gasteiger partial charge in [-0.15, -0.1) is 0 Å². The molecule has 150 valence electrons. The van der Waals surface area contributed by atoms with Crippen molar-refractivity contribution in [3.05, 3.63) is 82.1 Å². The minimum atomic E-state index is -0.296. The molecule has 3 aromatic rings. The second-order valence-corrected chi connectivity index (χ2v) is 7.15. The van der Waals surface area contributed by atoms with Crippen LogP contribution in [0.2, 0.25) is 5.02 Å².